The van der Waals surface area contributed by atoms with Gasteiger partial charge in [0.1, 0.15) is 0 Å². The number of halogens is 1. The normalized spacial score (nSPS) is 12.8. The van der Waals surface area contributed by atoms with Gasteiger partial charge in [-0.3, -0.25) is 0 Å². The molecule has 0 heterocycles. The summed E-state index contributed by atoms with van der Waals surface area (Å²) in [6.45, 7) is 4.63. The molecule has 0 radical (unpaired) electrons. The second-order valence-electron chi connectivity index (χ2n) is 5.94. The first-order valence-electron chi connectivity index (χ1n) is 8.37. The summed E-state index contributed by atoms with van der Waals surface area (Å²) in [6.07, 6.45) is 18.9. The third-order valence-corrected chi connectivity index (χ3v) is 4.92. The average molecular weight is 319 g/mol. The van der Waals surface area contributed by atoms with E-state index in [1.807, 2.05) is 0 Å². The topological polar surface area (TPSA) is 0 Å². The average Bonchev–Trinajstić information content (AvgIpc) is 2.39. The summed E-state index contributed by atoms with van der Waals surface area (Å²) < 4.78 is 0. The second-order valence-corrected chi connectivity index (χ2v) is 6.58. The molecule has 0 bridgehead atoms. The highest BCUT2D eigenvalue weighted by atomic mass is 79.9. The Morgan fingerprint density at radius 1 is 0.667 bits per heavy atom. The first kappa shape index (κ1) is 18.5. The highest BCUT2D eigenvalue weighted by Crippen LogP contribution is 2.15. The molecule has 0 rings (SSSR count). The summed E-state index contributed by atoms with van der Waals surface area (Å²) in [5, 5.41) is 1.17. The van der Waals surface area contributed by atoms with E-state index in [9.17, 15) is 0 Å². The van der Waals surface area contributed by atoms with Crippen LogP contribution in [0.15, 0.2) is 0 Å². The summed E-state index contributed by atoms with van der Waals surface area (Å²) in [5.41, 5.74) is 0. The zero-order chi connectivity index (χ0) is 13.5. The Bertz CT molecular complexity index is 145. The minimum absolute atomic E-state index is 0.869. The van der Waals surface area contributed by atoms with Crippen LogP contribution < -0.4 is 0 Å². The number of rotatable bonds is 14. The smallest absolute Gasteiger partial charge is 0.00570 e. The predicted octanol–water partition coefficient (Wildman–Crippen LogP) is 7.11. The van der Waals surface area contributed by atoms with Gasteiger partial charge in [0, 0.05) is 5.33 Å². The molecule has 1 atom stereocenters. The van der Waals surface area contributed by atoms with Crippen molar-refractivity contribution < 1.29 is 0 Å². The Hall–Kier alpha value is 0.480. The first-order chi connectivity index (χ1) is 8.81. The molecule has 0 fully saturated rings. The first-order valence-corrected chi connectivity index (χ1v) is 9.49. The highest BCUT2D eigenvalue weighted by molar-refractivity contribution is 9.09. The van der Waals surface area contributed by atoms with Crippen molar-refractivity contribution in [2.75, 3.05) is 5.33 Å². The fourth-order valence-electron chi connectivity index (χ4n) is 2.41. The van der Waals surface area contributed by atoms with Crippen LogP contribution in [-0.4, -0.2) is 5.33 Å². The Labute approximate surface area is 124 Å². The second kappa shape index (κ2) is 15.5. The van der Waals surface area contributed by atoms with Crippen molar-refractivity contribution in [2.45, 2.75) is 97.3 Å². The molecule has 18 heavy (non-hydrogen) atoms. The monoisotopic (exact) mass is 318 g/mol. The minimum atomic E-state index is 0.869. The van der Waals surface area contributed by atoms with Gasteiger partial charge in [0.05, 0.1) is 0 Å². The van der Waals surface area contributed by atoms with E-state index >= 15 is 0 Å². The third-order valence-electron chi connectivity index (χ3n) is 3.81. The van der Waals surface area contributed by atoms with E-state index < -0.39 is 0 Å². The molecule has 0 saturated carbocycles. The molecule has 0 spiro atoms. The van der Waals surface area contributed by atoms with Crippen LogP contribution >= 0.6 is 15.9 Å². The van der Waals surface area contributed by atoms with Gasteiger partial charge < -0.3 is 0 Å². The lowest BCUT2D eigenvalue weighted by atomic mass is 10.0. The molecule has 110 valence electrons. The van der Waals surface area contributed by atoms with Crippen molar-refractivity contribution in [3.8, 4) is 0 Å². The van der Waals surface area contributed by atoms with E-state index in [1.54, 1.807) is 0 Å². The Morgan fingerprint density at radius 2 is 1.06 bits per heavy atom. The van der Waals surface area contributed by atoms with Crippen LogP contribution in [0.1, 0.15) is 97.3 Å². The van der Waals surface area contributed by atoms with E-state index in [1.165, 1.54) is 88.8 Å². The largest absolute Gasteiger partial charge is 0.0925 e. The summed E-state index contributed by atoms with van der Waals surface area (Å²) in [6, 6.07) is 0. The van der Waals surface area contributed by atoms with Gasteiger partial charge in [0.2, 0.25) is 0 Å². The van der Waals surface area contributed by atoms with E-state index in [0.717, 1.165) is 5.92 Å². The lowest BCUT2D eigenvalue weighted by Gasteiger charge is -2.06. The zero-order valence-corrected chi connectivity index (χ0v) is 14.4. The van der Waals surface area contributed by atoms with Crippen LogP contribution in [0.2, 0.25) is 0 Å². The van der Waals surface area contributed by atoms with Gasteiger partial charge in [-0.2, -0.15) is 0 Å². The fraction of sp³-hybridized carbons (Fsp3) is 1.00. The van der Waals surface area contributed by atoms with Crippen molar-refractivity contribution in [1.82, 2.24) is 0 Å². The quantitative estimate of drug-likeness (QED) is 0.236. The van der Waals surface area contributed by atoms with Gasteiger partial charge in [0.25, 0.3) is 0 Å². The summed E-state index contributed by atoms with van der Waals surface area (Å²) in [5.74, 6) is 0.869. The van der Waals surface area contributed by atoms with Gasteiger partial charge in [0.15, 0.2) is 0 Å². The Morgan fingerprint density at radius 3 is 1.44 bits per heavy atom. The Kier molecular flexibility index (Phi) is 16.0. The third kappa shape index (κ3) is 14.5. The molecule has 0 aliphatic carbocycles. The maximum Gasteiger partial charge on any atom is 0.00570 e. The van der Waals surface area contributed by atoms with E-state index in [0.29, 0.717) is 0 Å². The van der Waals surface area contributed by atoms with Crippen LogP contribution in [0.5, 0.6) is 0 Å². The lowest BCUT2D eigenvalue weighted by molar-refractivity contribution is 0.508. The molecule has 0 nitrogen and oxygen atoms in total. The summed E-state index contributed by atoms with van der Waals surface area (Å²) in [4.78, 5) is 0. The SMILES string of the molecule is CCCCCCCCCCCCCC[C@@H](C)CBr. The molecule has 0 amide bonds. The molecule has 0 unspecified atom stereocenters. The molecule has 0 aromatic heterocycles. The fourth-order valence-corrected chi connectivity index (χ4v) is 2.73. The lowest BCUT2D eigenvalue weighted by Crippen LogP contribution is -1.94. The molecular formula is C17H35Br. The van der Waals surface area contributed by atoms with Crippen LogP contribution in [-0.2, 0) is 0 Å². The molecule has 0 aliphatic rings. The van der Waals surface area contributed by atoms with E-state index in [-0.39, 0.29) is 0 Å². The molecular weight excluding hydrogens is 284 g/mol. The van der Waals surface area contributed by atoms with E-state index in [2.05, 4.69) is 29.8 Å². The van der Waals surface area contributed by atoms with Crippen molar-refractivity contribution in [3.63, 3.8) is 0 Å². The molecule has 0 saturated heterocycles. The van der Waals surface area contributed by atoms with E-state index in [4.69, 9.17) is 0 Å². The van der Waals surface area contributed by atoms with Crippen LogP contribution in [0.4, 0.5) is 0 Å². The summed E-state index contributed by atoms with van der Waals surface area (Å²) >= 11 is 3.55. The maximum absolute atomic E-state index is 3.55. The number of alkyl halides is 1. The maximum atomic E-state index is 3.55. The molecule has 0 aliphatic heterocycles. The molecule has 0 aromatic rings. The van der Waals surface area contributed by atoms with Gasteiger partial charge in [-0.1, -0.05) is 107 Å². The number of hydrogen-bond acceptors (Lipinski definition) is 0. The highest BCUT2D eigenvalue weighted by Gasteiger charge is 1.98. The number of hydrogen-bond donors (Lipinski definition) is 0. The Balaban J connectivity index is 2.94. The van der Waals surface area contributed by atoms with Crippen molar-refractivity contribution in [1.29, 1.82) is 0 Å². The number of unbranched alkanes of at least 4 members (excludes halogenated alkanes) is 11. The van der Waals surface area contributed by atoms with Gasteiger partial charge >= 0.3 is 0 Å². The molecule has 0 aromatic carbocycles. The standard InChI is InChI=1S/C17H35Br/c1-3-4-5-6-7-8-9-10-11-12-13-14-15-17(2)16-18/h17H,3-16H2,1-2H3/t17-/m1/s1. The molecule has 1 heteroatoms. The summed E-state index contributed by atoms with van der Waals surface area (Å²) in [7, 11) is 0. The van der Waals surface area contributed by atoms with Gasteiger partial charge in [-0.15, -0.1) is 0 Å². The molecule has 0 N–H and O–H groups in total. The van der Waals surface area contributed by atoms with Crippen molar-refractivity contribution in [3.05, 3.63) is 0 Å². The van der Waals surface area contributed by atoms with Crippen LogP contribution in [0.25, 0.3) is 0 Å². The van der Waals surface area contributed by atoms with Crippen molar-refractivity contribution in [2.24, 2.45) is 5.92 Å². The minimum Gasteiger partial charge on any atom is -0.0925 e. The van der Waals surface area contributed by atoms with Crippen LogP contribution in [0.3, 0.4) is 0 Å². The predicted molar refractivity (Wildman–Crippen MR) is 88.7 cm³/mol. The van der Waals surface area contributed by atoms with Crippen molar-refractivity contribution >= 4 is 15.9 Å². The van der Waals surface area contributed by atoms with Gasteiger partial charge in [-0.25, -0.2) is 0 Å². The van der Waals surface area contributed by atoms with Crippen LogP contribution in [0, 0.1) is 5.92 Å². The zero-order valence-electron chi connectivity index (χ0n) is 12.9. The van der Waals surface area contributed by atoms with Gasteiger partial charge in [-0.05, 0) is 12.3 Å².